The summed E-state index contributed by atoms with van der Waals surface area (Å²) in [6.45, 7) is 0.854. The van der Waals surface area contributed by atoms with Gasteiger partial charge in [-0.2, -0.15) is 0 Å². The Balaban J connectivity index is 1.76. The molecule has 0 spiro atoms. The lowest BCUT2D eigenvalue weighted by Crippen LogP contribution is -2.41. The molecule has 5 nitrogen and oxygen atoms in total. The Morgan fingerprint density at radius 1 is 1.20 bits per heavy atom. The summed E-state index contributed by atoms with van der Waals surface area (Å²) >= 11 is 0. The number of ketones is 1. The molecule has 1 saturated heterocycles. The van der Waals surface area contributed by atoms with Gasteiger partial charge in [0.05, 0.1) is 0 Å². The summed E-state index contributed by atoms with van der Waals surface area (Å²) < 4.78 is 5.24. The molecule has 1 fully saturated rings. The zero-order valence-corrected chi connectivity index (χ0v) is 11.3. The van der Waals surface area contributed by atoms with Gasteiger partial charge in [-0.3, -0.25) is 4.79 Å². The van der Waals surface area contributed by atoms with E-state index in [2.05, 4.69) is 0 Å². The van der Waals surface area contributed by atoms with Crippen molar-refractivity contribution in [2.45, 2.75) is 19.4 Å². The molecule has 0 unspecified atom stereocenters. The minimum absolute atomic E-state index is 0.127. The summed E-state index contributed by atoms with van der Waals surface area (Å²) in [5.41, 5.74) is 0.950. The number of benzene rings is 1. The second kappa shape index (κ2) is 7.05. The number of piperidine rings is 1. The first-order valence-electron chi connectivity index (χ1n) is 6.80. The number of Topliss-reactive ketones (excluding diaryl/α,β-unsaturated/α-hetero) is 1. The molecule has 0 atom stereocenters. The van der Waals surface area contributed by atoms with Gasteiger partial charge in [-0.15, -0.1) is 0 Å². The maximum absolute atomic E-state index is 11.9. The third-order valence-electron chi connectivity index (χ3n) is 3.57. The number of amides is 1. The quantitative estimate of drug-likeness (QED) is 0.907. The van der Waals surface area contributed by atoms with Crippen LogP contribution in [0.1, 0.15) is 18.4 Å². The molecule has 20 heavy (non-hydrogen) atoms. The van der Waals surface area contributed by atoms with E-state index >= 15 is 0 Å². The molecule has 0 aromatic heterocycles. The van der Waals surface area contributed by atoms with E-state index < -0.39 is 6.61 Å². The van der Waals surface area contributed by atoms with Crippen LogP contribution in [0.3, 0.4) is 0 Å². The van der Waals surface area contributed by atoms with Crippen LogP contribution in [-0.2, 0) is 16.1 Å². The number of aliphatic hydroxyl groups excluding tert-OH is 1. The van der Waals surface area contributed by atoms with Gasteiger partial charge in [0.2, 0.25) is 0 Å². The summed E-state index contributed by atoms with van der Waals surface area (Å²) in [5, 5.41) is 8.82. The first-order chi connectivity index (χ1) is 9.70. The Morgan fingerprint density at radius 2 is 1.85 bits per heavy atom. The topological polar surface area (TPSA) is 66.8 Å². The number of carbonyl (C=O) groups is 2. The van der Waals surface area contributed by atoms with Gasteiger partial charge in [0.1, 0.15) is 13.2 Å². The van der Waals surface area contributed by atoms with Gasteiger partial charge in [0.25, 0.3) is 0 Å². The fourth-order valence-electron chi connectivity index (χ4n) is 2.32. The van der Waals surface area contributed by atoms with Crippen LogP contribution in [-0.4, -0.2) is 41.6 Å². The fraction of sp³-hybridized carbons (Fsp3) is 0.467. The lowest BCUT2D eigenvalue weighted by molar-refractivity contribution is -0.127. The number of hydrogen-bond donors (Lipinski definition) is 1. The Morgan fingerprint density at radius 3 is 2.45 bits per heavy atom. The second-order valence-corrected chi connectivity index (χ2v) is 4.93. The third kappa shape index (κ3) is 3.81. The lowest BCUT2D eigenvalue weighted by Gasteiger charge is -2.30. The summed E-state index contributed by atoms with van der Waals surface area (Å²) in [6.07, 6.45) is 0.850. The molecule has 5 heteroatoms. The highest BCUT2D eigenvalue weighted by atomic mass is 16.6. The molecule has 1 heterocycles. The van der Waals surface area contributed by atoms with Gasteiger partial charge >= 0.3 is 6.09 Å². The number of ether oxygens (including phenoxy) is 1. The van der Waals surface area contributed by atoms with Gasteiger partial charge in [-0.05, 0) is 18.4 Å². The van der Waals surface area contributed by atoms with Crippen LogP contribution in [0.15, 0.2) is 30.3 Å². The molecule has 1 aliphatic rings. The van der Waals surface area contributed by atoms with Crippen LogP contribution in [0, 0.1) is 5.92 Å². The zero-order chi connectivity index (χ0) is 14.4. The van der Waals surface area contributed by atoms with Crippen LogP contribution >= 0.6 is 0 Å². The number of rotatable bonds is 4. The van der Waals surface area contributed by atoms with Crippen molar-refractivity contribution in [3.8, 4) is 0 Å². The molecule has 0 radical (unpaired) electrons. The second-order valence-electron chi connectivity index (χ2n) is 4.93. The molecule has 0 aliphatic carbocycles. The normalized spacial score (nSPS) is 15.9. The summed E-state index contributed by atoms with van der Waals surface area (Å²) in [4.78, 5) is 24.9. The number of aliphatic hydroxyl groups is 1. The Hall–Kier alpha value is -1.88. The van der Waals surface area contributed by atoms with Gasteiger partial charge in [-0.1, -0.05) is 30.3 Å². The van der Waals surface area contributed by atoms with Crippen molar-refractivity contribution >= 4 is 11.9 Å². The molecule has 0 saturated carbocycles. The number of hydrogen-bond acceptors (Lipinski definition) is 4. The maximum atomic E-state index is 11.9. The zero-order valence-electron chi connectivity index (χ0n) is 11.3. The lowest BCUT2D eigenvalue weighted by atomic mass is 9.93. The van der Waals surface area contributed by atoms with E-state index in [0.29, 0.717) is 25.9 Å². The number of likely N-dealkylation sites (tertiary alicyclic amines) is 1. The van der Waals surface area contributed by atoms with Crippen molar-refractivity contribution in [2.75, 3.05) is 19.7 Å². The predicted molar refractivity (Wildman–Crippen MR) is 73.0 cm³/mol. The number of nitrogens with zero attached hydrogens (tertiary/aromatic N) is 1. The Kier molecular flexibility index (Phi) is 5.12. The molecule has 1 N–H and O–H groups in total. The predicted octanol–water partition coefficient (Wildman–Crippen LogP) is 1.60. The van der Waals surface area contributed by atoms with Gasteiger partial charge < -0.3 is 14.7 Å². The minimum Gasteiger partial charge on any atom is -0.445 e. The van der Waals surface area contributed by atoms with E-state index in [-0.39, 0.29) is 24.4 Å². The largest absolute Gasteiger partial charge is 0.445 e. The smallest absolute Gasteiger partial charge is 0.410 e. The molecule has 0 bridgehead atoms. The summed E-state index contributed by atoms with van der Waals surface area (Å²) in [6, 6.07) is 9.51. The molecule has 108 valence electrons. The SMILES string of the molecule is O=C(CO)C1CCN(C(=O)OCc2ccccc2)CC1. The van der Waals surface area contributed by atoms with E-state index in [9.17, 15) is 9.59 Å². The van der Waals surface area contributed by atoms with E-state index in [0.717, 1.165) is 5.56 Å². The molecule has 1 amide bonds. The average molecular weight is 277 g/mol. The Labute approximate surface area is 118 Å². The van der Waals surface area contributed by atoms with Crippen molar-refractivity contribution in [1.82, 2.24) is 4.90 Å². The minimum atomic E-state index is -0.414. The highest BCUT2D eigenvalue weighted by Gasteiger charge is 2.27. The van der Waals surface area contributed by atoms with E-state index in [1.54, 1.807) is 4.90 Å². The van der Waals surface area contributed by atoms with Crippen LogP contribution in [0.2, 0.25) is 0 Å². The van der Waals surface area contributed by atoms with Crippen molar-refractivity contribution in [3.63, 3.8) is 0 Å². The number of carbonyl (C=O) groups excluding carboxylic acids is 2. The molecular formula is C15H19NO4. The highest BCUT2D eigenvalue weighted by molar-refractivity contribution is 5.82. The summed E-state index contributed by atoms with van der Waals surface area (Å²) in [5.74, 6) is -0.263. The fourth-order valence-corrected chi connectivity index (χ4v) is 2.32. The Bertz CT molecular complexity index is 452. The molecular weight excluding hydrogens is 258 g/mol. The van der Waals surface area contributed by atoms with E-state index in [1.807, 2.05) is 30.3 Å². The van der Waals surface area contributed by atoms with Gasteiger partial charge in [0, 0.05) is 19.0 Å². The van der Waals surface area contributed by atoms with Crippen LogP contribution in [0.4, 0.5) is 4.79 Å². The standard InChI is InChI=1S/C15H19NO4/c17-10-14(18)13-6-8-16(9-7-13)15(19)20-11-12-4-2-1-3-5-12/h1-5,13,17H,6-11H2. The van der Waals surface area contributed by atoms with E-state index in [4.69, 9.17) is 9.84 Å². The van der Waals surface area contributed by atoms with E-state index in [1.165, 1.54) is 0 Å². The monoisotopic (exact) mass is 277 g/mol. The highest BCUT2D eigenvalue weighted by Crippen LogP contribution is 2.18. The first kappa shape index (κ1) is 14.5. The average Bonchev–Trinajstić information content (AvgIpc) is 2.53. The molecule has 2 rings (SSSR count). The van der Waals surface area contributed by atoms with Crippen molar-refractivity contribution < 1.29 is 19.4 Å². The van der Waals surface area contributed by atoms with Crippen LogP contribution in [0.25, 0.3) is 0 Å². The molecule has 1 aliphatic heterocycles. The molecule has 1 aromatic rings. The van der Waals surface area contributed by atoms with Crippen LogP contribution < -0.4 is 0 Å². The van der Waals surface area contributed by atoms with Crippen molar-refractivity contribution in [1.29, 1.82) is 0 Å². The van der Waals surface area contributed by atoms with Gasteiger partial charge in [0.15, 0.2) is 5.78 Å². The first-order valence-corrected chi connectivity index (χ1v) is 6.80. The third-order valence-corrected chi connectivity index (χ3v) is 3.57. The van der Waals surface area contributed by atoms with Crippen molar-refractivity contribution in [2.24, 2.45) is 5.92 Å². The summed E-state index contributed by atoms with van der Waals surface area (Å²) in [7, 11) is 0. The van der Waals surface area contributed by atoms with Crippen LogP contribution in [0.5, 0.6) is 0 Å². The molecule has 1 aromatic carbocycles. The van der Waals surface area contributed by atoms with Gasteiger partial charge in [-0.25, -0.2) is 4.79 Å². The maximum Gasteiger partial charge on any atom is 0.410 e. The van der Waals surface area contributed by atoms with Crippen molar-refractivity contribution in [3.05, 3.63) is 35.9 Å².